The monoisotopic (exact) mass is 726 g/mol. The number of nitrogens with zero attached hydrogens (tertiary/aromatic N) is 3. The smallest absolute Gasteiger partial charge is 0.162 e. The molecule has 0 saturated heterocycles. The molecule has 0 aliphatic carbocycles. The third kappa shape index (κ3) is 4.28. The van der Waals surface area contributed by atoms with Crippen LogP contribution in [0.4, 0.5) is 0 Å². The van der Waals surface area contributed by atoms with Crippen LogP contribution in [0.5, 0.6) is 0 Å². The van der Waals surface area contributed by atoms with Gasteiger partial charge in [0, 0.05) is 54.2 Å². The van der Waals surface area contributed by atoms with E-state index in [1.165, 1.54) is 54.3 Å². The molecular weight excluding hydrogens is 697 g/mol. The van der Waals surface area contributed by atoms with Crippen LogP contribution in [-0.2, 0) is 0 Å². The van der Waals surface area contributed by atoms with Gasteiger partial charge in [0.2, 0.25) is 0 Å². The molecule has 4 heterocycles. The van der Waals surface area contributed by atoms with Crippen molar-refractivity contribution in [3.8, 4) is 28.3 Å². The van der Waals surface area contributed by atoms with Gasteiger partial charge < -0.3 is 9.40 Å². The highest BCUT2D eigenvalue weighted by atomic mass is 16.3. The molecule has 0 atom stereocenters. The summed E-state index contributed by atoms with van der Waals surface area (Å²) < 4.78 is 8.64. The van der Waals surface area contributed by atoms with Crippen molar-refractivity contribution in [2.45, 2.75) is 0 Å². The van der Waals surface area contributed by atoms with Crippen LogP contribution in [0, 0.1) is 0 Å². The molecule has 13 rings (SSSR count). The molecule has 13 aromatic rings. The predicted molar refractivity (Wildman–Crippen MR) is 236 cm³/mol. The highest BCUT2D eigenvalue weighted by molar-refractivity contribution is 6.23. The first-order chi connectivity index (χ1) is 28.3. The summed E-state index contributed by atoms with van der Waals surface area (Å²) in [6.07, 6.45) is 0. The van der Waals surface area contributed by atoms with Gasteiger partial charge in [-0.2, -0.15) is 0 Å². The van der Waals surface area contributed by atoms with E-state index in [0.717, 1.165) is 66.2 Å². The summed E-state index contributed by atoms with van der Waals surface area (Å²) in [4.78, 5) is 14.5. The number of benzene rings is 9. The molecule has 0 aliphatic rings. The standard InChI is InChI=1S/C52H30N4O/c1-5-21-42-33(14-1)36-27-26-30-12-9-19-35(48(30)50(36)53-42)32-18-10-13-31-28-45-41(29-40(31)32)34-15-3-7-23-44(34)56(45)52-37-16-2-6-22-43(37)54-51(55-52)39-20-11-25-47-49(39)38-17-4-8-24-46(38)57-47/h1-29,53H. The van der Waals surface area contributed by atoms with Crippen LogP contribution >= 0.6 is 0 Å². The number of H-pyrrole nitrogens is 1. The number of rotatable bonds is 3. The van der Waals surface area contributed by atoms with Gasteiger partial charge in [-0.3, -0.25) is 4.57 Å². The summed E-state index contributed by atoms with van der Waals surface area (Å²) in [5, 5.41) is 12.7. The summed E-state index contributed by atoms with van der Waals surface area (Å²) >= 11 is 0. The van der Waals surface area contributed by atoms with Crippen molar-refractivity contribution in [3.63, 3.8) is 0 Å². The van der Waals surface area contributed by atoms with Crippen LogP contribution in [0.15, 0.2) is 180 Å². The summed E-state index contributed by atoms with van der Waals surface area (Å²) in [5.41, 5.74) is 10.4. The van der Waals surface area contributed by atoms with E-state index in [0.29, 0.717) is 5.82 Å². The average Bonchev–Trinajstić information content (AvgIpc) is 3.94. The molecule has 1 N–H and O–H groups in total. The molecule has 264 valence electrons. The lowest BCUT2D eigenvalue weighted by Crippen LogP contribution is -2.03. The molecular formula is C52H30N4O. The Kier molecular flexibility index (Phi) is 6.10. The Morgan fingerprint density at radius 1 is 0.421 bits per heavy atom. The van der Waals surface area contributed by atoms with E-state index in [1.54, 1.807) is 0 Å². The molecule has 0 saturated carbocycles. The van der Waals surface area contributed by atoms with Gasteiger partial charge in [-0.1, -0.05) is 127 Å². The summed E-state index contributed by atoms with van der Waals surface area (Å²) in [6, 6.07) is 62.6. The second-order valence-corrected chi connectivity index (χ2v) is 15.0. The number of hydrogen-bond acceptors (Lipinski definition) is 3. The van der Waals surface area contributed by atoms with E-state index in [1.807, 2.05) is 24.3 Å². The van der Waals surface area contributed by atoms with E-state index in [2.05, 4.69) is 161 Å². The van der Waals surface area contributed by atoms with Crippen LogP contribution in [0.1, 0.15) is 0 Å². The largest absolute Gasteiger partial charge is 0.456 e. The van der Waals surface area contributed by atoms with Gasteiger partial charge in [0.15, 0.2) is 5.82 Å². The van der Waals surface area contributed by atoms with Gasteiger partial charge in [0.05, 0.1) is 22.1 Å². The van der Waals surface area contributed by atoms with Gasteiger partial charge in [-0.25, -0.2) is 9.97 Å². The lowest BCUT2D eigenvalue weighted by molar-refractivity contribution is 0.669. The van der Waals surface area contributed by atoms with Crippen LogP contribution < -0.4 is 0 Å². The fourth-order valence-corrected chi connectivity index (χ4v) is 9.43. The van der Waals surface area contributed by atoms with E-state index in [-0.39, 0.29) is 0 Å². The predicted octanol–water partition coefficient (Wildman–Crippen LogP) is 13.9. The SMILES string of the molecule is c1cc(-c2cccc3ccc4c5ccccc5[nH]c4c23)c2cc3c4ccccc4n(-c4nc(-c5cccc6oc7ccccc7c56)nc5ccccc45)c3cc2c1. The Morgan fingerprint density at radius 3 is 2.07 bits per heavy atom. The van der Waals surface area contributed by atoms with Crippen LogP contribution in [0.25, 0.3) is 126 Å². The van der Waals surface area contributed by atoms with Crippen molar-refractivity contribution in [2.24, 2.45) is 0 Å². The Hall–Kier alpha value is -7.76. The topological polar surface area (TPSA) is 59.6 Å². The number of para-hydroxylation sites is 4. The van der Waals surface area contributed by atoms with Gasteiger partial charge in [0.25, 0.3) is 0 Å². The average molecular weight is 727 g/mol. The van der Waals surface area contributed by atoms with Gasteiger partial charge in [-0.05, 0) is 75.8 Å². The van der Waals surface area contributed by atoms with Crippen molar-refractivity contribution >= 4 is 98.0 Å². The molecule has 0 aliphatic heterocycles. The van der Waals surface area contributed by atoms with E-state index in [9.17, 15) is 0 Å². The second-order valence-electron chi connectivity index (χ2n) is 15.0. The molecule has 0 amide bonds. The summed E-state index contributed by atoms with van der Waals surface area (Å²) in [5.74, 6) is 1.51. The number of fused-ring (bicyclic) bond motifs is 13. The first kappa shape index (κ1) is 30.6. The molecule has 5 nitrogen and oxygen atoms in total. The molecule has 0 spiro atoms. The number of nitrogens with one attached hydrogen (secondary N) is 1. The van der Waals surface area contributed by atoms with Crippen molar-refractivity contribution in [2.75, 3.05) is 0 Å². The Morgan fingerprint density at radius 2 is 1.14 bits per heavy atom. The van der Waals surface area contributed by atoms with Gasteiger partial charge >= 0.3 is 0 Å². The quantitative estimate of drug-likeness (QED) is 0.197. The molecule has 0 unspecified atom stereocenters. The van der Waals surface area contributed by atoms with Crippen molar-refractivity contribution in [1.29, 1.82) is 0 Å². The lowest BCUT2D eigenvalue weighted by atomic mass is 9.92. The number of hydrogen-bond donors (Lipinski definition) is 1. The maximum absolute atomic E-state index is 6.30. The van der Waals surface area contributed by atoms with Gasteiger partial charge in [-0.15, -0.1) is 0 Å². The van der Waals surface area contributed by atoms with E-state index in [4.69, 9.17) is 14.4 Å². The summed E-state index contributed by atoms with van der Waals surface area (Å²) in [6.45, 7) is 0. The maximum Gasteiger partial charge on any atom is 0.162 e. The van der Waals surface area contributed by atoms with E-state index >= 15 is 0 Å². The first-order valence-electron chi connectivity index (χ1n) is 19.3. The molecule has 5 heteroatoms. The molecule has 9 aromatic carbocycles. The normalized spacial score (nSPS) is 12.2. The fourth-order valence-electron chi connectivity index (χ4n) is 9.43. The number of furan rings is 1. The van der Waals surface area contributed by atoms with E-state index < -0.39 is 0 Å². The highest BCUT2D eigenvalue weighted by Crippen LogP contribution is 2.43. The van der Waals surface area contributed by atoms with Crippen molar-refractivity contribution < 1.29 is 4.42 Å². The van der Waals surface area contributed by atoms with Crippen LogP contribution in [0.2, 0.25) is 0 Å². The third-order valence-corrected chi connectivity index (χ3v) is 11.9. The zero-order valence-corrected chi connectivity index (χ0v) is 30.5. The molecule has 0 radical (unpaired) electrons. The zero-order valence-electron chi connectivity index (χ0n) is 30.5. The minimum absolute atomic E-state index is 0.661. The Bertz CT molecular complexity index is 3830. The second kappa shape index (κ2) is 11.4. The molecule has 0 fully saturated rings. The summed E-state index contributed by atoms with van der Waals surface area (Å²) in [7, 11) is 0. The zero-order chi connectivity index (χ0) is 37.2. The van der Waals surface area contributed by atoms with Crippen molar-refractivity contribution in [3.05, 3.63) is 176 Å². The van der Waals surface area contributed by atoms with Crippen LogP contribution in [0.3, 0.4) is 0 Å². The van der Waals surface area contributed by atoms with Crippen molar-refractivity contribution in [1.82, 2.24) is 19.5 Å². The number of aromatic nitrogens is 4. The van der Waals surface area contributed by atoms with Crippen LogP contribution in [-0.4, -0.2) is 19.5 Å². The van der Waals surface area contributed by atoms with Gasteiger partial charge in [0.1, 0.15) is 17.0 Å². The lowest BCUT2D eigenvalue weighted by Gasteiger charge is -2.14. The molecule has 57 heavy (non-hydrogen) atoms. The minimum atomic E-state index is 0.661. The Balaban J connectivity index is 1.10. The molecule has 0 bridgehead atoms. The Labute approximate surface area is 325 Å². The number of aromatic amines is 1. The third-order valence-electron chi connectivity index (χ3n) is 11.9. The maximum atomic E-state index is 6.30. The molecule has 4 aromatic heterocycles. The highest BCUT2D eigenvalue weighted by Gasteiger charge is 2.21. The minimum Gasteiger partial charge on any atom is -0.456 e. The fraction of sp³-hybridized carbons (Fsp3) is 0. The first-order valence-corrected chi connectivity index (χ1v) is 19.3.